The van der Waals surface area contributed by atoms with Crippen LogP contribution >= 0.6 is 11.3 Å². The van der Waals surface area contributed by atoms with E-state index in [1.807, 2.05) is 0 Å². The fraction of sp³-hybridized carbons (Fsp3) is 0.238. The van der Waals surface area contributed by atoms with E-state index in [9.17, 15) is 5.11 Å². The summed E-state index contributed by atoms with van der Waals surface area (Å²) in [4.78, 5) is 8.32. The van der Waals surface area contributed by atoms with E-state index in [0.29, 0.717) is 0 Å². The molecule has 5 nitrogen and oxygen atoms in total. The van der Waals surface area contributed by atoms with Crippen LogP contribution in [0.15, 0.2) is 54.9 Å². The summed E-state index contributed by atoms with van der Waals surface area (Å²) in [5.74, 6) is 0.192. The molecule has 0 fully saturated rings. The smallest absolute Gasteiger partial charge is 0.230 e. The zero-order chi connectivity index (χ0) is 18.4. The van der Waals surface area contributed by atoms with Gasteiger partial charge in [-0.1, -0.05) is 65.4 Å². The maximum atomic E-state index is 10.8. The molecule has 0 unspecified atom stereocenters. The Balaban J connectivity index is 1.61. The number of hydrogen-bond donors (Lipinski definition) is 1. The molecule has 1 N–H and O–H groups in total. The molecule has 0 amide bonds. The molecule has 0 spiro atoms. The first-order chi connectivity index (χ1) is 13.2. The molecule has 3 heterocycles. The van der Waals surface area contributed by atoms with Crippen LogP contribution in [-0.4, -0.2) is 31.1 Å². The Labute approximate surface area is 161 Å². The number of aryl methyl sites for hydroxylation is 1. The summed E-state index contributed by atoms with van der Waals surface area (Å²) < 4.78 is 1.53. The van der Waals surface area contributed by atoms with Crippen LogP contribution in [0, 0.1) is 6.92 Å². The Morgan fingerprint density at radius 2 is 1.85 bits per heavy atom. The lowest BCUT2D eigenvalue weighted by molar-refractivity contribution is 0.205. The van der Waals surface area contributed by atoms with E-state index < -0.39 is 0 Å². The monoisotopic (exact) mass is 376 g/mol. The van der Waals surface area contributed by atoms with Gasteiger partial charge in [0, 0.05) is 13.1 Å². The highest BCUT2D eigenvalue weighted by atomic mass is 32.1. The van der Waals surface area contributed by atoms with Gasteiger partial charge in [-0.25, -0.2) is 4.98 Å². The van der Waals surface area contributed by atoms with Crippen LogP contribution in [0.3, 0.4) is 0 Å². The summed E-state index contributed by atoms with van der Waals surface area (Å²) in [6.07, 6.45) is 2.49. The van der Waals surface area contributed by atoms with Crippen molar-refractivity contribution in [3.05, 3.63) is 82.0 Å². The minimum atomic E-state index is -0.0209. The number of nitrogens with zero attached hydrogens (tertiary/aromatic N) is 4. The lowest BCUT2D eigenvalue weighted by Gasteiger charge is -2.35. The highest BCUT2D eigenvalue weighted by Crippen LogP contribution is 2.41. The average Bonchev–Trinajstić information content (AvgIpc) is 3.27. The minimum absolute atomic E-state index is 0.0209. The van der Waals surface area contributed by atoms with Crippen molar-refractivity contribution in [3.63, 3.8) is 0 Å². The molecule has 1 atom stereocenters. The Morgan fingerprint density at radius 1 is 1.07 bits per heavy atom. The van der Waals surface area contributed by atoms with E-state index in [1.165, 1.54) is 44.4 Å². The number of hydrogen-bond acceptors (Lipinski definition) is 5. The SMILES string of the molecule is Cc1ccc([C@@H](c2sc3ncnn3c2O)N2CCc3ccccc3C2)cc1. The third-order valence-corrected chi connectivity index (χ3v) is 6.39. The summed E-state index contributed by atoms with van der Waals surface area (Å²) in [5, 5.41) is 15.0. The molecule has 4 aromatic rings. The number of benzene rings is 2. The van der Waals surface area contributed by atoms with Gasteiger partial charge in [0.15, 0.2) is 0 Å². The van der Waals surface area contributed by atoms with Gasteiger partial charge in [0.1, 0.15) is 6.33 Å². The van der Waals surface area contributed by atoms with Gasteiger partial charge in [-0.3, -0.25) is 4.90 Å². The molecule has 1 aliphatic heterocycles. The van der Waals surface area contributed by atoms with Crippen LogP contribution in [0.25, 0.3) is 4.96 Å². The Morgan fingerprint density at radius 3 is 2.63 bits per heavy atom. The molecule has 27 heavy (non-hydrogen) atoms. The van der Waals surface area contributed by atoms with Crippen molar-refractivity contribution in [2.75, 3.05) is 6.54 Å². The quantitative estimate of drug-likeness (QED) is 0.588. The zero-order valence-electron chi connectivity index (χ0n) is 15.0. The first-order valence-electron chi connectivity index (χ1n) is 9.09. The van der Waals surface area contributed by atoms with E-state index in [1.54, 1.807) is 0 Å². The van der Waals surface area contributed by atoms with E-state index >= 15 is 0 Å². The molecule has 2 aromatic heterocycles. The molecule has 1 aliphatic rings. The van der Waals surface area contributed by atoms with Crippen LogP contribution < -0.4 is 0 Å². The summed E-state index contributed by atoms with van der Waals surface area (Å²) in [6.45, 7) is 3.90. The summed E-state index contributed by atoms with van der Waals surface area (Å²) in [7, 11) is 0. The fourth-order valence-corrected chi connectivity index (χ4v) is 4.98. The van der Waals surface area contributed by atoms with Crippen LogP contribution in [0.1, 0.15) is 33.2 Å². The van der Waals surface area contributed by atoms with Gasteiger partial charge in [-0.15, -0.1) is 0 Å². The van der Waals surface area contributed by atoms with E-state index in [-0.39, 0.29) is 11.9 Å². The van der Waals surface area contributed by atoms with E-state index in [2.05, 4.69) is 70.4 Å². The van der Waals surface area contributed by atoms with Gasteiger partial charge in [0.25, 0.3) is 0 Å². The Hall–Kier alpha value is -2.70. The molecule has 2 aromatic carbocycles. The lowest BCUT2D eigenvalue weighted by atomic mass is 9.95. The highest BCUT2D eigenvalue weighted by molar-refractivity contribution is 7.17. The van der Waals surface area contributed by atoms with Crippen LogP contribution in [-0.2, 0) is 13.0 Å². The number of thiazole rings is 1. The van der Waals surface area contributed by atoms with E-state index in [0.717, 1.165) is 29.3 Å². The average molecular weight is 376 g/mol. The van der Waals surface area contributed by atoms with Crippen molar-refractivity contribution in [1.82, 2.24) is 19.5 Å². The molecule has 0 aliphatic carbocycles. The van der Waals surface area contributed by atoms with Gasteiger partial charge in [-0.05, 0) is 30.0 Å². The molecule has 0 saturated heterocycles. The Bertz CT molecular complexity index is 1100. The highest BCUT2D eigenvalue weighted by Gasteiger charge is 2.31. The summed E-state index contributed by atoms with van der Waals surface area (Å²) >= 11 is 1.51. The number of aromatic nitrogens is 3. The van der Waals surface area contributed by atoms with Crippen LogP contribution in [0.5, 0.6) is 5.88 Å². The predicted octanol–water partition coefficient (Wildman–Crippen LogP) is 3.95. The second-order valence-electron chi connectivity index (χ2n) is 7.05. The molecule has 136 valence electrons. The summed E-state index contributed by atoms with van der Waals surface area (Å²) in [6, 6.07) is 17.2. The molecular formula is C21H20N4OS. The van der Waals surface area contributed by atoms with Gasteiger partial charge in [0.2, 0.25) is 10.8 Å². The lowest BCUT2D eigenvalue weighted by Crippen LogP contribution is -2.34. The molecule has 0 saturated carbocycles. The standard InChI is InChI=1S/C21H20N4OS/c1-14-6-8-16(9-7-14)18(19-20(26)25-21(27-19)22-13-23-25)24-11-10-15-4-2-3-5-17(15)12-24/h2-9,13,18,26H,10-12H2,1H3/t18-/m0/s1. The third-order valence-electron chi connectivity index (χ3n) is 5.31. The summed E-state index contributed by atoms with van der Waals surface area (Å²) in [5.41, 5.74) is 5.19. The van der Waals surface area contributed by atoms with Crippen molar-refractivity contribution in [1.29, 1.82) is 0 Å². The van der Waals surface area contributed by atoms with Gasteiger partial charge >= 0.3 is 0 Å². The third kappa shape index (κ3) is 2.81. The fourth-order valence-electron chi connectivity index (χ4n) is 3.89. The second-order valence-corrected chi connectivity index (χ2v) is 8.06. The van der Waals surface area contributed by atoms with Crippen molar-refractivity contribution < 1.29 is 5.11 Å². The maximum Gasteiger partial charge on any atom is 0.230 e. The molecule has 0 bridgehead atoms. The topological polar surface area (TPSA) is 53.7 Å². The Kier molecular flexibility index (Phi) is 3.95. The van der Waals surface area contributed by atoms with Crippen LogP contribution in [0.2, 0.25) is 0 Å². The normalized spacial score (nSPS) is 15.7. The first kappa shape index (κ1) is 16.5. The molecule has 0 radical (unpaired) electrons. The number of rotatable bonds is 3. The predicted molar refractivity (Wildman–Crippen MR) is 106 cm³/mol. The van der Waals surface area contributed by atoms with Gasteiger partial charge < -0.3 is 5.11 Å². The van der Waals surface area contributed by atoms with Gasteiger partial charge in [-0.2, -0.15) is 9.61 Å². The zero-order valence-corrected chi connectivity index (χ0v) is 15.9. The van der Waals surface area contributed by atoms with Crippen molar-refractivity contribution in [2.45, 2.75) is 25.9 Å². The second kappa shape index (κ2) is 6.48. The minimum Gasteiger partial charge on any atom is -0.492 e. The number of fused-ring (bicyclic) bond motifs is 2. The van der Waals surface area contributed by atoms with Crippen molar-refractivity contribution in [3.8, 4) is 5.88 Å². The van der Waals surface area contributed by atoms with Crippen LogP contribution in [0.4, 0.5) is 0 Å². The molecule has 5 rings (SSSR count). The maximum absolute atomic E-state index is 10.8. The van der Waals surface area contributed by atoms with E-state index in [4.69, 9.17) is 0 Å². The van der Waals surface area contributed by atoms with Crippen molar-refractivity contribution >= 4 is 16.3 Å². The first-order valence-corrected chi connectivity index (χ1v) is 9.91. The molecular weight excluding hydrogens is 356 g/mol. The molecule has 6 heteroatoms. The van der Waals surface area contributed by atoms with Gasteiger partial charge in [0.05, 0.1) is 10.9 Å². The number of aromatic hydroxyl groups is 1. The van der Waals surface area contributed by atoms with Crippen molar-refractivity contribution in [2.24, 2.45) is 0 Å². The largest absolute Gasteiger partial charge is 0.492 e.